The predicted molar refractivity (Wildman–Crippen MR) is 111 cm³/mol. The molecule has 0 aliphatic heterocycles. The van der Waals surface area contributed by atoms with Crippen molar-refractivity contribution in [1.29, 1.82) is 0 Å². The molecule has 3 aromatic carbocycles. The van der Waals surface area contributed by atoms with Crippen LogP contribution in [0.4, 0.5) is 30.7 Å². The van der Waals surface area contributed by atoms with Crippen molar-refractivity contribution in [2.75, 3.05) is 0 Å². The van der Waals surface area contributed by atoms with Crippen LogP contribution >= 0.6 is 0 Å². The van der Waals surface area contributed by atoms with Crippen LogP contribution in [0.2, 0.25) is 0 Å². The van der Waals surface area contributed by atoms with Crippen LogP contribution in [0.25, 0.3) is 10.8 Å². The Hall–Kier alpha value is -3.83. The minimum atomic E-state index is -4.83. The van der Waals surface area contributed by atoms with E-state index in [0.29, 0.717) is 0 Å². The van der Waals surface area contributed by atoms with Crippen LogP contribution in [0.3, 0.4) is 0 Å². The number of halogens is 7. The number of nitrogens with two attached hydrogens (primary N) is 1. The highest BCUT2D eigenvalue weighted by Crippen LogP contribution is 2.34. The molecule has 0 spiro atoms. The molecule has 1 atom stereocenters. The lowest BCUT2D eigenvalue weighted by Gasteiger charge is -2.19. The van der Waals surface area contributed by atoms with Crippen LogP contribution < -0.4 is 15.8 Å². The van der Waals surface area contributed by atoms with E-state index in [0.717, 1.165) is 30.3 Å². The zero-order chi connectivity index (χ0) is 26.0. The van der Waals surface area contributed by atoms with Gasteiger partial charge in [0.15, 0.2) is 0 Å². The summed E-state index contributed by atoms with van der Waals surface area (Å²) < 4.78 is 96.9. The van der Waals surface area contributed by atoms with Gasteiger partial charge in [-0.05, 0) is 23.8 Å². The number of amides is 2. The standard InChI is InChI=1S/C23H17F7N2O3/c24-17-9-16(21(34)32-18(20(31)33)10-22(25,26)27)19(15-4-2-1-3-14(15)17)35-11-12-5-7-13(8-6-12)23(28,29)30/h1-9,18H,10-11H2,(H2,31,33)(H,32,34). The number of benzene rings is 3. The first-order valence-electron chi connectivity index (χ1n) is 9.93. The Bertz CT molecular complexity index is 1240. The second-order valence-electron chi connectivity index (χ2n) is 7.51. The minimum absolute atomic E-state index is 0.0215. The van der Waals surface area contributed by atoms with E-state index in [-0.39, 0.29) is 28.7 Å². The summed E-state index contributed by atoms with van der Waals surface area (Å²) in [5.41, 5.74) is 3.82. The molecule has 0 aromatic heterocycles. The van der Waals surface area contributed by atoms with Crippen LogP contribution in [0.5, 0.6) is 5.75 Å². The lowest BCUT2D eigenvalue weighted by atomic mass is 10.0. The number of nitrogens with one attached hydrogen (secondary N) is 1. The molecule has 0 bridgehead atoms. The molecule has 186 valence electrons. The Morgan fingerprint density at radius 3 is 2.09 bits per heavy atom. The Labute approximate surface area is 193 Å². The van der Waals surface area contributed by atoms with Gasteiger partial charge in [-0.15, -0.1) is 0 Å². The summed E-state index contributed by atoms with van der Waals surface area (Å²) in [6.07, 6.45) is -11.1. The molecule has 5 nitrogen and oxygen atoms in total. The Balaban J connectivity index is 1.96. The van der Waals surface area contributed by atoms with E-state index < -0.39 is 53.6 Å². The molecule has 3 N–H and O–H groups in total. The first kappa shape index (κ1) is 25.8. The largest absolute Gasteiger partial charge is 0.487 e. The topological polar surface area (TPSA) is 81.4 Å². The normalized spacial score (nSPS) is 12.9. The third-order valence-corrected chi connectivity index (χ3v) is 4.94. The maximum Gasteiger partial charge on any atom is 0.416 e. The van der Waals surface area contributed by atoms with Crippen LogP contribution in [0.15, 0.2) is 54.6 Å². The average molecular weight is 502 g/mol. The molecule has 0 saturated carbocycles. The van der Waals surface area contributed by atoms with Crippen molar-refractivity contribution in [3.63, 3.8) is 0 Å². The van der Waals surface area contributed by atoms with E-state index in [1.54, 1.807) is 0 Å². The predicted octanol–water partition coefficient (Wildman–Crippen LogP) is 5.11. The summed E-state index contributed by atoms with van der Waals surface area (Å²) in [5, 5.41) is 1.94. The van der Waals surface area contributed by atoms with Crippen molar-refractivity contribution in [1.82, 2.24) is 5.32 Å². The van der Waals surface area contributed by atoms with Gasteiger partial charge in [0, 0.05) is 10.8 Å². The summed E-state index contributed by atoms with van der Waals surface area (Å²) in [6.45, 7) is -0.351. The average Bonchev–Trinajstić information content (AvgIpc) is 2.76. The summed E-state index contributed by atoms with van der Waals surface area (Å²) in [5.74, 6) is -3.84. The zero-order valence-electron chi connectivity index (χ0n) is 17.6. The van der Waals surface area contributed by atoms with Crippen LogP contribution in [-0.4, -0.2) is 24.0 Å². The van der Waals surface area contributed by atoms with Gasteiger partial charge in [0.25, 0.3) is 5.91 Å². The van der Waals surface area contributed by atoms with E-state index in [4.69, 9.17) is 10.5 Å². The molecular formula is C23H17F7N2O3. The Kier molecular flexibility index (Phi) is 7.22. The van der Waals surface area contributed by atoms with E-state index in [2.05, 4.69) is 0 Å². The van der Waals surface area contributed by atoms with Gasteiger partial charge >= 0.3 is 12.4 Å². The van der Waals surface area contributed by atoms with Crippen molar-refractivity contribution in [3.05, 3.63) is 77.1 Å². The quantitative estimate of drug-likeness (QED) is 0.441. The van der Waals surface area contributed by atoms with E-state index in [1.807, 2.05) is 5.32 Å². The molecule has 3 rings (SSSR count). The Morgan fingerprint density at radius 2 is 1.54 bits per heavy atom. The van der Waals surface area contributed by atoms with Crippen LogP contribution in [0, 0.1) is 5.82 Å². The zero-order valence-corrected chi connectivity index (χ0v) is 17.6. The Morgan fingerprint density at radius 1 is 0.943 bits per heavy atom. The van der Waals surface area contributed by atoms with Crippen LogP contribution in [-0.2, 0) is 17.6 Å². The van der Waals surface area contributed by atoms with Gasteiger partial charge in [-0.2, -0.15) is 26.3 Å². The number of hydrogen-bond donors (Lipinski definition) is 2. The fourth-order valence-corrected chi connectivity index (χ4v) is 3.26. The molecule has 12 heteroatoms. The lowest BCUT2D eigenvalue weighted by molar-refractivity contribution is -0.147. The lowest BCUT2D eigenvalue weighted by Crippen LogP contribution is -2.47. The number of carbonyl (C=O) groups is 2. The van der Waals surface area contributed by atoms with Gasteiger partial charge in [0.05, 0.1) is 17.5 Å². The van der Waals surface area contributed by atoms with Crippen molar-refractivity contribution < 1.29 is 45.1 Å². The third kappa shape index (κ3) is 6.40. The molecule has 0 aliphatic rings. The maximum absolute atomic E-state index is 14.7. The third-order valence-electron chi connectivity index (χ3n) is 4.94. The van der Waals surface area contributed by atoms with Gasteiger partial charge in [-0.3, -0.25) is 9.59 Å². The first-order valence-corrected chi connectivity index (χ1v) is 9.93. The van der Waals surface area contributed by atoms with E-state index in [1.165, 1.54) is 24.3 Å². The van der Waals surface area contributed by atoms with Gasteiger partial charge in [-0.1, -0.05) is 36.4 Å². The van der Waals surface area contributed by atoms with Crippen LogP contribution in [0.1, 0.15) is 27.9 Å². The summed E-state index contributed by atoms with van der Waals surface area (Å²) in [6, 6.07) is 8.27. The molecule has 0 heterocycles. The molecule has 0 radical (unpaired) electrons. The number of rotatable bonds is 7. The SMILES string of the molecule is NC(=O)C(CC(F)(F)F)NC(=O)c1cc(F)c2ccccc2c1OCc1ccc(C(F)(F)F)cc1. The summed E-state index contributed by atoms with van der Waals surface area (Å²) >= 11 is 0. The fraction of sp³-hybridized carbons (Fsp3) is 0.217. The molecule has 0 fully saturated rings. The van der Waals surface area contributed by atoms with Gasteiger partial charge in [-0.25, -0.2) is 4.39 Å². The first-order chi connectivity index (χ1) is 16.3. The summed E-state index contributed by atoms with van der Waals surface area (Å²) in [4.78, 5) is 24.2. The number of carbonyl (C=O) groups excluding carboxylic acids is 2. The van der Waals surface area contributed by atoms with Crippen molar-refractivity contribution in [3.8, 4) is 5.75 Å². The monoisotopic (exact) mass is 502 g/mol. The van der Waals surface area contributed by atoms with Gasteiger partial charge < -0.3 is 15.8 Å². The second-order valence-corrected chi connectivity index (χ2v) is 7.51. The number of fused-ring (bicyclic) bond motifs is 1. The molecule has 35 heavy (non-hydrogen) atoms. The number of alkyl halides is 6. The molecule has 2 amide bonds. The number of ether oxygens (including phenoxy) is 1. The maximum atomic E-state index is 14.7. The molecule has 0 saturated heterocycles. The highest BCUT2D eigenvalue weighted by molar-refractivity contribution is 6.05. The highest BCUT2D eigenvalue weighted by Gasteiger charge is 2.36. The van der Waals surface area contributed by atoms with Crippen molar-refractivity contribution >= 4 is 22.6 Å². The van der Waals surface area contributed by atoms with Gasteiger partial charge in [0.1, 0.15) is 24.2 Å². The van der Waals surface area contributed by atoms with Crippen molar-refractivity contribution in [2.45, 2.75) is 31.4 Å². The smallest absolute Gasteiger partial charge is 0.416 e. The second kappa shape index (κ2) is 9.80. The minimum Gasteiger partial charge on any atom is -0.487 e. The fourth-order valence-electron chi connectivity index (χ4n) is 3.26. The molecular weight excluding hydrogens is 485 g/mol. The van der Waals surface area contributed by atoms with E-state index >= 15 is 0 Å². The molecule has 0 aliphatic carbocycles. The summed E-state index contributed by atoms with van der Waals surface area (Å²) in [7, 11) is 0. The van der Waals surface area contributed by atoms with E-state index in [9.17, 15) is 40.3 Å². The number of hydrogen-bond acceptors (Lipinski definition) is 3. The number of primary amides is 1. The highest BCUT2D eigenvalue weighted by atomic mass is 19.4. The van der Waals surface area contributed by atoms with Crippen molar-refractivity contribution in [2.24, 2.45) is 5.73 Å². The van der Waals surface area contributed by atoms with Gasteiger partial charge in [0.2, 0.25) is 5.91 Å². The molecule has 3 aromatic rings. The molecule has 1 unspecified atom stereocenters.